The van der Waals surface area contributed by atoms with Crippen molar-refractivity contribution in [2.45, 2.75) is 90.1 Å². The van der Waals surface area contributed by atoms with Crippen LogP contribution in [0.15, 0.2) is 12.3 Å². The van der Waals surface area contributed by atoms with E-state index in [1.165, 1.54) is 16.9 Å². The van der Waals surface area contributed by atoms with E-state index >= 15 is 0 Å². The molecule has 5 heterocycles. The fourth-order valence-corrected chi connectivity index (χ4v) is 7.55. The number of aryl methyl sites for hydroxylation is 3. The van der Waals surface area contributed by atoms with Crippen molar-refractivity contribution < 1.29 is 9.53 Å². The summed E-state index contributed by atoms with van der Waals surface area (Å²) in [5.74, 6) is 0.0124. The molecule has 10 heteroatoms. The average Bonchev–Trinajstić information content (AvgIpc) is 3.48. The summed E-state index contributed by atoms with van der Waals surface area (Å²) in [7, 11) is 1.96. The molecule has 1 amide bonds. The first-order valence-electron chi connectivity index (χ1n) is 14.6. The zero-order chi connectivity index (χ0) is 26.8. The van der Waals surface area contributed by atoms with Gasteiger partial charge in [0.2, 0.25) is 0 Å². The van der Waals surface area contributed by atoms with Crippen LogP contribution in [0.4, 0.5) is 5.69 Å². The first-order chi connectivity index (χ1) is 18.8. The summed E-state index contributed by atoms with van der Waals surface area (Å²) in [4.78, 5) is 20.1. The summed E-state index contributed by atoms with van der Waals surface area (Å²) in [6.07, 6.45) is 9.95. The standard InChI is InChI=1S/C29H40N8O2/c1-19-15-24(21-16-31-35(3)25(21)32-19)36-13-5-23-22(17-36)20(2)34-37(23)18-28-6-9-29(10-7-28,11-8-28)33-26(38)27-30-12-4-14-39-27/h15-16,27,30H,4-14,17-18H2,1-3H3,(H,33,38). The molecule has 39 heavy (non-hydrogen) atoms. The molecule has 1 atom stereocenters. The number of rotatable bonds is 5. The van der Waals surface area contributed by atoms with E-state index in [1.54, 1.807) is 0 Å². The molecule has 1 saturated heterocycles. The van der Waals surface area contributed by atoms with Gasteiger partial charge in [-0.3, -0.25) is 19.5 Å². The van der Waals surface area contributed by atoms with Crippen molar-refractivity contribution in [3.63, 3.8) is 0 Å². The van der Waals surface area contributed by atoms with Gasteiger partial charge in [-0.2, -0.15) is 10.2 Å². The Labute approximate surface area is 229 Å². The molecule has 208 valence electrons. The van der Waals surface area contributed by atoms with Gasteiger partial charge in [-0.05, 0) is 70.3 Å². The summed E-state index contributed by atoms with van der Waals surface area (Å²) < 4.78 is 9.86. The van der Waals surface area contributed by atoms with Crippen molar-refractivity contribution in [1.82, 2.24) is 35.2 Å². The van der Waals surface area contributed by atoms with Gasteiger partial charge in [0.15, 0.2) is 11.9 Å². The molecule has 3 aromatic heterocycles. The lowest BCUT2D eigenvalue weighted by atomic mass is 9.57. The van der Waals surface area contributed by atoms with E-state index in [0.29, 0.717) is 6.61 Å². The Morgan fingerprint density at radius 2 is 2.00 bits per heavy atom. The van der Waals surface area contributed by atoms with Gasteiger partial charge in [0, 0.05) is 62.1 Å². The molecule has 8 rings (SSSR count). The minimum Gasteiger partial charge on any atom is -0.366 e. The highest BCUT2D eigenvalue weighted by atomic mass is 16.5. The molecule has 2 aliphatic heterocycles. The molecule has 0 spiro atoms. The van der Waals surface area contributed by atoms with Crippen LogP contribution in [0, 0.1) is 19.3 Å². The lowest BCUT2D eigenvalue weighted by Gasteiger charge is -2.54. The molecular weight excluding hydrogens is 492 g/mol. The predicted molar refractivity (Wildman–Crippen MR) is 148 cm³/mol. The van der Waals surface area contributed by atoms with E-state index in [0.717, 1.165) is 100.0 Å². The smallest absolute Gasteiger partial charge is 0.264 e. The summed E-state index contributed by atoms with van der Waals surface area (Å²) in [5.41, 5.74) is 7.30. The van der Waals surface area contributed by atoms with Crippen LogP contribution in [-0.4, -0.2) is 61.9 Å². The number of fused-ring (bicyclic) bond motifs is 5. The third-order valence-corrected chi connectivity index (χ3v) is 9.94. The molecule has 3 aromatic rings. The van der Waals surface area contributed by atoms with Crippen LogP contribution in [0.25, 0.3) is 11.0 Å². The quantitative estimate of drug-likeness (QED) is 0.521. The Morgan fingerprint density at radius 1 is 1.21 bits per heavy atom. The van der Waals surface area contributed by atoms with Gasteiger partial charge in [0.05, 0.1) is 29.6 Å². The fourth-order valence-electron chi connectivity index (χ4n) is 7.55. The minimum absolute atomic E-state index is 0.0124. The highest BCUT2D eigenvalue weighted by molar-refractivity contribution is 5.89. The Kier molecular flexibility index (Phi) is 5.97. The lowest BCUT2D eigenvalue weighted by molar-refractivity contribution is -0.142. The Morgan fingerprint density at radius 3 is 2.74 bits per heavy atom. The van der Waals surface area contributed by atoms with Crippen molar-refractivity contribution in [2.75, 3.05) is 24.6 Å². The van der Waals surface area contributed by atoms with Crippen molar-refractivity contribution in [3.05, 3.63) is 34.9 Å². The van der Waals surface area contributed by atoms with Gasteiger partial charge in [0.25, 0.3) is 5.91 Å². The van der Waals surface area contributed by atoms with E-state index in [-0.39, 0.29) is 16.9 Å². The number of nitrogens with one attached hydrogen (secondary N) is 2. The Hall–Kier alpha value is -2.98. The number of hydrogen-bond donors (Lipinski definition) is 2. The molecule has 1 unspecified atom stereocenters. The predicted octanol–water partition coefficient (Wildman–Crippen LogP) is 2.89. The first kappa shape index (κ1) is 25.0. The van der Waals surface area contributed by atoms with E-state index in [2.05, 4.69) is 45.2 Å². The van der Waals surface area contributed by atoms with Crippen LogP contribution in [0.3, 0.4) is 0 Å². The van der Waals surface area contributed by atoms with E-state index in [1.807, 2.05) is 17.9 Å². The Balaban J connectivity index is 1.05. The second-order valence-corrected chi connectivity index (χ2v) is 12.5. The van der Waals surface area contributed by atoms with Crippen LogP contribution in [0.5, 0.6) is 0 Å². The van der Waals surface area contributed by atoms with Gasteiger partial charge in [-0.1, -0.05) is 0 Å². The molecule has 5 aliphatic rings. The Bertz CT molecular complexity index is 1390. The topological polar surface area (TPSA) is 102 Å². The fraction of sp³-hybridized carbons (Fsp3) is 0.655. The molecule has 3 aliphatic carbocycles. The van der Waals surface area contributed by atoms with Crippen molar-refractivity contribution in [3.8, 4) is 0 Å². The molecule has 0 radical (unpaired) electrons. The highest BCUT2D eigenvalue weighted by Gasteiger charge is 2.50. The number of pyridine rings is 1. The second-order valence-electron chi connectivity index (χ2n) is 12.5. The summed E-state index contributed by atoms with van der Waals surface area (Å²) >= 11 is 0. The summed E-state index contributed by atoms with van der Waals surface area (Å²) in [6.45, 7) is 8.54. The van der Waals surface area contributed by atoms with Crippen LogP contribution in [0.2, 0.25) is 0 Å². The molecule has 0 aromatic carbocycles. The molecule has 2 bridgehead atoms. The largest absolute Gasteiger partial charge is 0.366 e. The van der Waals surface area contributed by atoms with Gasteiger partial charge in [0.1, 0.15) is 0 Å². The number of nitrogens with zero attached hydrogens (tertiary/aromatic N) is 6. The van der Waals surface area contributed by atoms with Crippen LogP contribution in [0.1, 0.15) is 67.6 Å². The van der Waals surface area contributed by atoms with Gasteiger partial charge >= 0.3 is 0 Å². The third kappa shape index (κ3) is 4.32. The number of amides is 1. The van der Waals surface area contributed by atoms with Gasteiger partial charge in [-0.25, -0.2) is 4.98 Å². The summed E-state index contributed by atoms with van der Waals surface area (Å²) in [6, 6.07) is 2.19. The van der Waals surface area contributed by atoms with Gasteiger partial charge in [-0.15, -0.1) is 0 Å². The normalized spacial score (nSPS) is 28.6. The first-order valence-corrected chi connectivity index (χ1v) is 14.6. The van der Waals surface area contributed by atoms with E-state index < -0.39 is 6.23 Å². The molecule has 3 saturated carbocycles. The van der Waals surface area contributed by atoms with Crippen LogP contribution < -0.4 is 15.5 Å². The van der Waals surface area contributed by atoms with Crippen LogP contribution in [-0.2, 0) is 36.1 Å². The number of ether oxygens (including phenoxy) is 1. The maximum Gasteiger partial charge on any atom is 0.264 e. The van der Waals surface area contributed by atoms with Crippen molar-refractivity contribution in [2.24, 2.45) is 12.5 Å². The second kappa shape index (κ2) is 9.30. The number of aromatic nitrogens is 5. The summed E-state index contributed by atoms with van der Waals surface area (Å²) in [5, 5.41) is 17.3. The monoisotopic (exact) mass is 532 g/mol. The van der Waals surface area contributed by atoms with Crippen LogP contribution >= 0.6 is 0 Å². The number of anilines is 1. The average molecular weight is 533 g/mol. The molecular formula is C29H40N8O2. The highest BCUT2D eigenvalue weighted by Crippen LogP contribution is 2.53. The number of carbonyl (C=O) groups is 1. The maximum absolute atomic E-state index is 12.9. The molecule has 10 nitrogen and oxygen atoms in total. The SMILES string of the molecule is Cc1cc(N2CCc3c(c(C)nn3CC34CCC(NC(=O)C5NCCCO5)(CC3)CC4)C2)c2cnn(C)c2n1. The molecule has 2 N–H and O–H groups in total. The minimum atomic E-state index is -0.495. The number of carbonyl (C=O) groups excluding carboxylic acids is 1. The van der Waals surface area contributed by atoms with E-state index in [4.69, 9.17) is 14.8 Å². The van der Waals surface area contributed by atoms with Crippen molar-refractivity contribution in [1.29, 1.82) is 0 Å². The number of hydrogen-bond acceptors (Lipinski definition) is 7. The third-order valence-electron chi connectivity index (χ3n) is 9.94. The van der Waals surface area contributed by atoms with Gasteiger partial charge < -0.3 is 15.0 Å². The lowest BCUT2D eigenvalue weighted by Crippen LogP contribution is -2.61. The van der Waals surface area contributed by atoms with E-state index in [9.17, 15) is 4.79 Å². The maximum atomic E-state index is 12.9. The zero-order valence-electron chi connectivity index (χ0n) is 23.4. The molecule has 4 fully saturated rings. The van der Waals surface area contributed by atoms with Crippen molar-refractivity contribution >= 4 is 22.6 Å². The zero-order valence-corrected chi connectivity index (χ0v) is 23.4.